The molecule has 0 bridgehead atoms. The highest BCUT2D eigenvalue weighted by atomic mass is 16.2. The van der Waals surface area contributed by atoms with Crippen molar-refractivity contribution in [2.24, 2.45) is 0 Å². The number of aromatic nitrogens is 2. The molecular weight excluding hydrogens is 288 g/mol. The van der Waals surface area contributed by atoms with Crippen molar-refractivity contribution < 1.29 is 4.79 Å². The lowest BCUT2D eigenvalue weighted by Crippen LogP contribution is -2.31. The van der Waals surface area contributed by atoms with Crippen molar-refractivity contribution in [2.75, 3.05) is 23.3 Å². The lowest BCUT2D eigenvalue weighted by atomic mass is 10.2. The quantitative estimate of drug-likeness (QED) is 0.885. The first-order chi connectivity index (χ1) is 11.0. The molecule has 0 unspecified atom stereocenters. The van der Waals surface area contributed by atoms with Gasteiger partial charge in [-0.05, 0) is 51.0 Å². The van der Waals surface area contributed by atoms with E-state index in [0.29, 0.717) is 18.2 Å². The summed E-state index contributed by atoms with van der Waals surface area (Å²) in [5.41, 5.74) is 3.21. The van der Waals surface area contributed by atoms with Crippen molar-refractivity contribution in [2.45, 2.75) is 34.1 Å². The SMILES string of the molecule is CCCNc1nc(C)cc(C(=O)N(CC)c2cccc(C)c2)n1. The van der Waals surface area contributed by atoms with Gasteiger partial charge in [-0.1, -0.05) is 19.1 Å². The van der Waals surface area contributed by atoms with Crippen LogP contribution in [0.25, 0.3) is 0 Å². The maximum atomic E-state index is 12.9. The molecule has 2 aromatic rings. The summed E-state index contributed by atoms with van der Waals surface area (Å²) in [5.74, 6) is 0.402. The summed E-state index contributed by atoms with van der Waals surface area (Å²) in [4.78, 5) is 23.3. The van der Waals surface area contributed by atoms with Crippen LogP contribution in [-0.4, -0.2) is 29.0 Å². The Hall–Kier alpha value is -2.43. The molecule has 0 radical (unpaired) electrons. The fraction of sp³-hybridized carbons (Fsp3) is 0.389. The minimum absolute atomic E-state index is 0.108. The molecule has 0 aliphatic carbocycles. The number of amides is 1. The van der Waals surface area contributed by atoms with Gasteiger partial charge in [0.15, 0.2) is 0 Å². The summed E-state index contributed by atoms with van der Waals surface area (Å²) in [6, 6.07) is 9.66. The fourth-order valence-electron chi connectivity index (χ4n) is 2.37. The van der Waals surface area contributed by atoms with Crippen molar-refractivity contribution >= 4 is 17.5 Å². The number of nitrogens with zero attached hydrogens (tertiary/aromatic N) is 3. The molecule has 1 heterocycles. The molecular formula is C18H24N4O. The second-order valence-corrected chi connectivity index (χ2v) is 5.53. The molecule has 23 heavy (non-hydrogen) atoms. The lowest BCUT2D eigenvalue weighted by Gasteiger charge is -2.21. The zero-order valence-corrected chi connectivity index (χ0v) is 14.3. The summed E-state index contributed by atoms with van der Waals surface area (Å²) in [7, 11) is 0. The highest BCUT2D eigenvalue weighted by molar-refractivity contribution is 6.05. The van der Waals surface area contributed by atoms with Crippen LogP contribution in [0.3, 0.4) is 0 Å². The van der Waals surface area contributed by atoms with Crippen LogP contribution in [0.2, 0.25) is 0 Å². The van der Waals surface area contributed by atoms with E-state index in [1.807, 2.05) is 45.0 Å². The summed E-state index contributed by atoms with van der Waals surface area (Å²) < 4.78 is 0. The third-order valence-electron chi connectivity index (χ3n) is 3.48. The Kier molecular flexibility index (Phi) is 5.68. The van der Waals surface area contributed by atoms with E-state index >= 15 is 0 Å². The second kappa shape index (κ2) is 7.72. The third kappa shape index (κ3) is 4.28. The van der Waals surface area contributed by atoms with Crippen molar-refractivity contribution in [1.29, 1.82) is 0 Å². The molecule has 0 aliphatic heterocycles. The average molecular weight is 312 g/mol. The number of hydrogen-bond acceptors (Lipinski definition) is 4. The van der Waals surface area contributed by atoms with E-state index in [-0.39, 0.29) is 5.91 Å². The zero-order valence-electron chi connectivity index (χ0n) is 14.3. The molecule has 1 N–H and O–H groups in total. The Labute approximate surface area is 137 Å². The topological polar surface area (TPSA) is 58.1 Å². The van der Waals surface area contributed by atoms with Gasteiger partial charge in [0, 0.05) is 24.5 Å². The van der Waals surface area contributed by atoms with Gasteiger partial charge in [0.2, 0.25) is 5.95 Å². The number of rotatable bonds is 6. The van der Waals surface area contributed by atoms with E-state index < -0.39 is 0 Å². The van der Waals surface area contributed by atoms with E-state index in [9.17, 15) is 4.79 Å². The minimum atomic E-state index is -0.108. The lowest BCUT2D eigenvalue weighted by molar-refractivity contribution is 0.0983. The summed E-state index contributed by atoms with van der Waals surface area (Å²) in [6.07, 6.45) is 0.977. The Morgan fingerprint density at radius 1 is 1.17 bits per heavy atom. The van der Waals surface area contributed by atoms with Gasteiger partial charge < -0.3 is 10.2 Å². The van der Waals surface area contributed by atoms with Gasteiger partial charge in [-0.2, -0.15) is 0 Å². The number of nitrogens with one attached hydrogen (secondary N) is 1. The van der Waals surface area contributed by atoms with E-state index in [4.69, 9.17) is 0 Å². The average Bonchev–Trinajstić information content (AvgIpc) is 2.53. The van der Waals surface area contributed by atoms with Gasteiger partial charge >= 0.3 is 0 Å². The molecule has 1 amide bonds. The molecule has 5 heteroatoms. The van der Waals surface area contributed by atoms with Crippen LogP contribution < -0.4 is 10.2 Å². The van der Waals surface area contributed by atoms with Crippen LogP contribution in [0.5, 0.6) is 0 Å². The molecule has 1 aromatic heterocycles. The Balaban J connectivity index is 2.32. The molecule has 0 atom stereocenters. The number of benzene rings is 1. The fourth-order valence-corrected chi connectivity index (χ4v) is 2.37. The normalized spacial score (nSPS) is 10.4. The van der Waals surface area contributed by atoms with Crippen LogP contribution in [0.4, 0.5) is 11.6 Å². The molecule has 5 nitrogen and oxygen atoms in total. The standard InChI is InChI=1S/C18H24N4O/c1-5-10-19-18-20-14(4)12-16(21-18)17(23)22(6-2)15-9-7-8-13(3)11-15/h7-9,11-12H,5-6,10H2,1-4H3,(H,19,20,21). The molecule has 0 spiro atoms. The molecule has 0 aliphatic rings. The van der Waals surface area contributed by atoms with Gasteiger partial charge in [0.25, 0.3) is 5.91 Å². The molecule has 0 saturated heterocycles. The van der Waals surface area contributed by atoms with E-state index in [1.54, 1.807) is 11.0 Å². The Morgan fingerprint density at radius 2 is 1.96 bits per heavy atom. The third-order valence-corrected chi connectivity index (χ3v) is 3.48. The van der Waals surface area contributed by atoms with Gasteiger partial charge in [-0.3, -0.25) is 4.79 Å². The van der Waals surface area contributed by atoms with Crippen LogP contribution >= 0.6 is 0 Å². The van der Waals surface area contributed by atoms with Crippen LogP contribution in [-0.2, 0) is 0 Å². The van der Waals surface area contributed by atoms with Gasteiger partial charge in [-0.15, -0.1) is 0 Å². The molecule has 0 fully saturated rings. The number of aryl methyl sites for hydroxylation is 2. The predicted octanol–water partition coefficient (Wildman–Crippen LogP) is 3.58. The van der Waals surface area contributed by atoms with Crippen LogP contribution in [0.1, 0.15) is 42.0 Å². The van der Waals surface area contributed by atoms with E-state index in [2.05, 4.69) is 22.2 Å². The van der Waals surface area contributed by atoms with Crippen molar-refractivity contribution in [3.8, 4) is 0 Å². The van der Waals surface area contributed by atoms with Gasteiger partial charge in [0.05, 0.1) is 0 Å². The molecule has 1 aromatic carbocycles. The minimum Gasteiger partial charge on any atom is -0.354 e. The maximum absolute atomic E-state index is 12.9. The van der Waals surface area contributed by atoms with E-state index in [1.165, 1.54) is 0 Å². The van der Waals surface area contributed by atoms with Gasteiger partial charge in [0.1, 0.15) is 5.69 Å². The predicted molar refractivity (Wildman–Crippen MR) is 94.1 cm³/mol. The van der Waals surface area contributed by atoms with E-state index in [0.717, 1.165) is 29.9 Å². The number of carbonyl (C=O) groups is 1. The number of hydrogen-bond donors (Lipinski definition) is 1. The van der Waals surface area contributed by atoms with Crippen molar-refractivity contribution in [3.05, 3.63) is 47.3 Å². The van der Waals surface area contributed by atoms with Crippen molar-refractivity contribution in [1.82, 2.24) is 9.97 Å². The summed E-state index contributed by atoms with van der Waals surface area (Å²) in [5, 5.41) is 3.14. The highest BCUT2D eigenvalue weighted by Gasteiger charge is 2.19. The van der Waals surface area contributed by atoms with Crippen molar-refractivity contribution in [3.63, 3.8) is 0 Å². The monoisotopic (exact) mass is 312 g/mol. The highest BCUT2D eigenvalue weighted by Crippen LogP contribution is 2.18. The van der Waals surface area contributed by atoms with Crippen LogP contribution in [0.15, 0.2) is 30.3 Å². The second-order valence-electron chi connectivity index (χ2n) is 5.53. The largest absolute Gasteiger partial charge is 0.354 e. The first kappa shape index (κ1) is 16.9. The van der Waals surface area contributed by atoms with Gasteiger partial charge in [-0.25, -0.2) is 9.97 Å². The molecule has 0 saturated carbocycles. The zero-order chi connectivity index (χ0) is 16.8. The first-order valence-electron chi connectivity index (χ1n) is 8.03. The molecule has 122 valence electrons. The summed E-state index contributed by atoms with van der Waals surface area (Å²) in [6.45, 7) is 9.30. The summed E-state index contributed by atoms with van der Waals surface area (Å²) >= 11 is 0. The molecule has 2 rings (SSSR count). The number of anilines is 2. The Bertz CT molecular complexity index is 684. The maximum Gasteiger partial charge on any atom is 0.277 e. The van der Waals surface area contributed by atoms with Crippen LogP contribution in [0, 0.1) is 13.8 Å². The number of carbonyl (C=O) groups excluding carboxylic acids is 1. The smallest absolute Gasteiger partial charge is 0.277 e. The Morgan fingerprint density at radius 3 is 2.61 bits per heavy atom. The first-order valence-corrected chi connectivity index (χ1v) is 8.03.